The molecule has 0 radical (unpaired) electrons. The van der Waals surface area contributed by atoms with Gasteiger partial charge in [-0.3, -0.25) is 4.99 Å². The topological polar surface area (TPSA) is 39.7 Å². The summed E-state index contributed by atoms with van der Waals surface area (Å²) in [6.45, 7) is 10.1. The lowest BCUT2D eigenvalue weighted by atomic mass is 10.3. The van der Waals surface area contributed by atoms with E-state index in [0.29, 0.717) is 0 Å². The largest absolute Gasteiger partial charge is 0.356 e. The number of nitrogens with one attached hydrogen (secondary N) is 2. The third-order valence-corrected chi connectivity index (χ3v) is 4.01. The molecule has 2 N–H and O–H groups in total. The molecule has 0 aliphatic heterocycles. The van der Waals surface area contributed by atoms with E-state index in [4.69, 9.17) is 0 Å². The van der Waals surface area contributed by atoms with Crippen LogP contribution in [-0.4, -0.2) is 62.6 Å². The van der Waals surface area contributed by atoms with Crippen LogP contribution in [0.1, 0.15) is 46.0 Å². The van der Waals surface area contributed by atoms with Crippen LogP contribution in [0.3, 0.4) is 0 Å². The number of hydrogen-bond donors (Lipinski definition) is 2. The molecule has 0 aromatic carbocycles. The molecule has 0 atom stereocenters. The van der Waals surface area contributed by atoms with Gasteiger partial charge in [-0.1, -0.05) is 13.8 Å². The fourth-order valence-electron chi connectivity index (χ4n) is 2.28. The van der Waals surface area contributed by atoms with Crippen molar-refractivity contribution >= 4 is 41.7 Å². The first-order valence-corrected chi connectivity index (χ1v) is 9.83. The van der Waals surface area contributed by atoms with Gasteiger partial charge < -0.3 is 15.5 Å². The summed E-state index contributed by atoms with van der Waals surface area (Å²) in [5, 5.41) is 6.79. The maximum atomic E-state index is 4.27. The van der Waals surface area contributed by atoms with E-state index in [1.807, 2.05) is 18.8 Å². The minimum Gasteiger partial charge on any atom is -0.356 e. The lowest BCUT2D eigenvalue weighted by Crippen LogP contribution is -2.39. The first-order chi connectivity index (χ1) is 10.3. The fraction of sp³-hybridized carbons (Fsp3) is 0.938. The van der Waals surface area contributed by atoms with Gasteiger partial charge in [0.05, 0.1) is 0 Å². The average molecular weight is 444 g/mol. The Bertz CT molecular complexity index is 246. The monoisotopic (exact) mass is 444 g/mol. The van der Waals surface area contributed by atoms with E-state index < -0.39 is 0 Å². The summed E-state index contributed by atoms with van der Waals surface area (Å²) in [6, 6.07) is 0. The van der Waals surface area contributed by atoms with Gasteiger partial charge in [0.15, 0.2) is 5.96 Å². The zero-order valence-corrected chi connectivity index (χ0v) is 18.1. The van der Waals surface area contributed by atoms with E-state index >= 15 is 0 Å². The Hall–Kier alpha value is 0.310. The molecule has 0 saturated heterocycles. The number of thioether (sulfide) groups is 1. The van der Waals surface area contributed by atoms with Crippen molar-refractivity contribution in [3.05, 3.63) is 0 Å². The maximum absolute atomic E-state index is 4.27. The SMILES string of the molecule is CCCN(CCC)CCCNC(=NC)NCCCCSC.I. The molecule has 22 heavy (non-hydrogen) atoms. The van der Waals surface area contributed by atoms with Crippen LogP contribution >= 0.6 is 35.7 Å². The van der Waals surface area contributed by atoms with Crippen molar-refractivity contribution in [2.75, 3.05) is 51.8 Å². The van der Waals surface area contributed by atoms with Crippen molar-refractivity contribution in [3.63, 3.8) is 0 Å². The third kappa shape index (κ3) is 15.2. The molecule has 0 heterocycles. The highest BCUT2D eigenvalue weighted by Gasteiger charge is 2.02. The lowest BCUT2D eigenvalue weighted by Gasteiger charge is -2.21. The van der Waals surface area contributed by atoms with Gasteiger partial charge in [0.25, 0.3) is 0 Å². The Morgan fingerprint density at radius 1 is 0.955 bits per heavy atom. The standard InChI is InChI=1S/C16H36N4S.HI/c1-5-12-20(13-6-2)14-9-11-19-16(17-3)18-10-7-8-15-21-4;/h5-15H2,1-4H3,(H2,17,18,19);1H. The molecule has 0 bridgehead atoms. The molecule has 0 aromatic heterocycles. The van der Waals surface area contributed by atoms with Crippen LogP contribution in [0.15, 0.2) is 4.99 Å². The lowest BCUT2D eigenvalue weighted by molar-refractivity contribution is 0.271. The van der Waals surface area contributed by atoms with Crippen molar-refractivity contribution in [1.82, 2.24) is 15.5 Å². The predicted octanol–water partition coefficient (Wildman–Crippen LogP) is 3.42. The summed E-state index contributed by atoms with van der Waals surface area (Å²) in [4.78, 5) is 6.83. The van der Waals surface area contributed by atoms with Gasteiger partial charge in [-0.05, 0) is 63.7 Å². The number of aliphatic imine (C=N–C) groups is 1. The first-order valence-electron chi connectivity index (χ1n) is 8.44. The second kappa shape index (κ2) is 19.4. The first kappa shape index (κ1) is 24.6. The summed E-state index contributed by atoms with van der Waals surface area (Å²) in [5.74, 6) is 2.19. The molecular weight excluding hydrogens is 407 g/mol. The quantitative estimate of drug-likeness (QED) is 0.198. The van der Waals surface area contributed by atoms with Crippen molar-refractivity contribution in [2.24, 2.45) is 4.99 Å². The summed E-state index contributed by atoms with van der Waals surface area (Å²) >= 11 is 1.92. The number of nitrogens with zero attached hydrogens (tertiary/aromatic N) is 2. The normalized spacial score (nSPS) is 11.4. The zero-order chi connectivity index (χ0) is 15.8. The molecule has 0 spiro atoms. The van der Waals surface area contributed by atoms with E-state index in [9.17, 15) is 0 Å². The van der Waals surface area contributed by atoms with Crippen LogP contribution in [0.2, 0.25) is 0 Å². The number of guanidine groups is 1. The van der Waals surface area contributed by atoms with Gasteiger partial charge in [0.1, 0.15) is 0 Å². The van der Waals surface area contributed by atoms with E-state index in [1.54, 1.807) is 0 Å². The summed E-state index contributed by atoms with van der Waals surface area (Å²) < 4.78 is 0. The van der Waals surface area contributed by atoms with Crippen LogP contribution in [0.4, 0.5) is 0 Å². The number of hydrogen-bond acceptors (Lipinski definition) is 3. The summed E-state index contributed by atoms with van der Waals surface area (Å²) in [6.07, 6.45) is 8.30. The molecule has 0 aromatic rings. The number of unbranched alkanes of at least 4 members (excludes halogenated alkanes) is 1. The van der Waals surface area contributed by atoms with Crippen LogP contribution in [-0.2, 0) is 0 Å². The average Bonchev–Trinajstić information content (AvgIpc) is 2.49. The van der Waals surface area contributed by atoms with E-state index in [0.717, 1.165) is 19.0 Å². The third-order valence-electron chi connectivity index (χ3n) is 3.31. The van der Waals surface area contributed by atoms with Crippen LogP contribution < -0.4 is 10.6 Å². The second-order valence-corrected chi connectivity index (χ2v) is 6.31. The fourth-order valence-corrected chi connectivity index (χ4v) is 2.77. The predicted molar refractivity (Wildman–Crippen MR) is 114 cm³/mol. The highest BCUT2D eigenvalue weighted by atomic mass is 127. The second-order valence-electron chi connectivity index (χ2n) is 5.32. The van der Waals surface area contributed by atoms with Gasteiger partial charge in [0.2, 0.25) is 0 Å². The summed E-state index contributed by atoms with van der Waals surface area (Å²) in [7, 11) is 1.84. The maximum Gasteiger partial charge on any atom is 0.190 e. The Labute approximate surface area is 159 Å². The summed E-state index contributed by atoms with van der Waals surface area (Å²) in [5.41, 5.74) is 0. The Kier molecular flexibility index (Phi) is 21.6. The van der Waals surface area contributed by atoms with Gasteiger partial charge in [-0.15, -0.1) is 24.0 Å². The van der Waals surface area contributed by atoms with Crippen molar-refractivity contribution in [2.45, 2.75) is 46.0 Å². The number of rotatable bonds is 13. The van der Waals surface area contributed by atoms with Crippen molar-refractivity contribution < 1.29 is 0 Å². The van der Waals surface area contributed by atoms with Crippen molar-refractivity contribution in [3.8, 4) is 0 Å². The minimum atomic E-state index is 0. The smallest absolute Gasteiger partial charge is 0.190 e. The Balaban J connectivity index is 0. The van der Waals surface area contributed by atoms with E-state index in [-0.39, 0.29) is 24.0 Å². The molecule has 0 fully saturated rings. The van der Waals surface area contributed by atoms with Crippen molar-refractivity contribution in [1.29, 1.82) is 0 Å². The molecule has 134 valence electrons. The van der Waals surface area contributed by atoms with Gasteiger partial charge >= 0.3 is 0 Å². The number of halogens is 1. The molecular formula is C16H37IN4S. The van der Waals surface area contributed by atoms with Crippen LogP contribution in [0, 0.1) is 0 Å². The molecule has 6 heteroatoms. The van der Waals surface area contributed by atoms with E-state index in [2.05, 4.69) is 40.6 Å². The molecule has 0 rings (SSSR count). The van der Waals surface area contributed by atoms with Gasteiger partial charge in [0, 0.05) is 20.1 Å². The molecule has 0 unspecified atom stereocenters. The zero-order valence-electron chi connectivity index (χ0n) is 15.0. The molecule has 0 amide bonds. The molecule has 0 saturated carbocycles. The van der Waals surface area contributed by atoms with Crippen LogP contribution in [0.25, 0.3) is 0 Å². The highest BCUT2D eigenvalue weighted by molar-refractivity contribution is 14.0. The van der Waals surface area contributed by atoms with Gasteiger partial charge in [-0.25, -0.2) is 0 Å². The molecule has 4 nitrogen and oxygen atoms in total. The van der Waals surface area contributed by atoms with Gasteiger partial charge in [-0.2, -0.15) is 11.8 Å². The highest BCUT2D eigenvalue weighted by Crippen LogP contribution is 1.98. The molecule has 0 aliphatic carbocycles. The van der Waals surface area contributed by atoms with E-state index in [1.165, 1.54) is 57.5 Å². The molecule has 0 aliphatic rings. The Morgan fingerprint density at radius 3 is 2.05 bits per heavy atom. The minimum absolute atomic E-state index is 0. The van der Waals surface area contributed by atoms with Crippen LogP contribution in [0.5, 0.6) is 0 Å². The Morgan fingerprint density at radius 2 is 1.55 bits per heavy atom.